The van der Waals surface area contributed by atoms with Gasteiger partial charge in [-0.2, -0.15) is 10.1 Å². The average Bonchev–Trinajstić information content (AvgIpc) is 3.51. The van der Waals surface area contributed by atoms with Crippen LogP contribution in [0.4, 0.5) is 0 Å². The number of hydrogen-bond acceptors (Lipinski definition) is 4. The van der Waals surface area contributed by atoms with Gasteiger partial charge in [0, 0.05) is 5.56 Å². The molecule has 1 saturated carbocycles. The summed E-state index contributed by atoms with van der Waals surface area (Å²) in [7, 11) is 0. The lowest BCUT2D eigenvalue weighted by Crippen LogP contribution is -2.28. The third-order valence-electron chi connectivity index (χ3n) is 6.94. The highest BCUT2D eigenvalue weighted by atomic mass is 16.5. The first-order chi connectivity index (χ1) is 15.7. The van der Waals surface area contributed by atoms with Crippen molar-refractivity contribution in [1.82, 2.24) is 5.01 Å². The van der Waals surface area contributed by atoms with Crippen molar-refractivity contribution < 1.29 is 14.3 Å². The van der Waals surface area contributed by atoms with E-state index < -0.39 is 0 Å². The summed E-state index contributed by atoms with van der Waals surface area (Å²) in [6.45, 7) is 0.410. The number of carbonyl (C=O) groups is 2. The largest absolute Gasteiger partial charge is 0.488 e. The molecule has 2 aliphatic carbocycles. The molecule has 5 nitrogen and oxygen atoms in total. The molecule has 0 N–H and O–H groups in total. The maximum atomic E-state index is 12.9. The predicted molar refractivity (Wildman–Crippen MR) is 122 cm³/mol. The van der Waals surface area contributed by atoms with E-state index in [0.717, 1.165) is 27.9 Å². The van der Waals surface area contributed by atoms with Crippen LogP contribution in [0.15, 0.2) is 84.0 Å². The summed E-state index contributed by atoms with van der Waals surface area (Å²) in [6.07, 6.45) is 6.64. The van der Waals surface area contributed by atoms with Gasteiger partial charge < -0.3 is 4.74 Å². The number of hydrazone groups is 1. The number of benzene rings is 3. The van der Waals surface area contributed by atoms with Gasteiger partial charge in [0.2, 0.25) is 0 Å². The summed E-state index contributed by atoms with van der Waals surface area (Å²) < 4.78 is 6.13. The Hall–Kier alpha value is -3.73. The number of hydrogen-bond donors (Lipinski definition) is 0. The fourth-order valence-corrected chi connectivity index (χ4v) is 5.41. The van der Waals surface area contributed by atoms with Gasteiger partial charge in [0.15, 0.2) is 0 Å². The number of ether oxygens (including phenoxy) is 1. The van der Waals surface area contributed by atoms with Gasteiger partial charge in [0.05, 0.1) is 18.1 Å². The standard InChI is InChI=1S/C27H22N2O3/c30-26-24-18-12-13-19(14-18)25(24)27(31)29(26)28-15-20-7-2-4-11-23(20)32-16-21-9-5-8-17-6-1-3-10-22(17)21/h1-13,15,18-19,24-25H,14,16H2/b28-15+. The number of carbonyl (C=O) groups excluding carboxylic acids is 2. The zero-order chi connectivity index (χ0) is 21.7. The molecule has 5 heteroatoms. The Balaban J connectivity index is 1.22. The van der Waals surface area contributed by atoms with Crippen molar-refractivity contribution >= 4 is 28.8 Å². The van der Waals surface area contributed by atoms with Crippen molar-refractivity contribution in [3.05, 3.63) is 90.0 Å². The molecule has 6 rings (SSSR count). The lowest BCUT2D eigenvalue weighted by Gasteiger charge is -2.13. The van der Waals surface area contributed by atoms with Gasteiger partial charge >= 0.3 is 0 Å². The highest BCUT2D eigenvalue weighted by molar-refractivity contribution is 6.06. The van der Waals surface area contributed by atoms with E-state index in [1.807, 2.05) is 42.5 Å². The topological polar surface area (TPSA) is 59.0 Å². The molecular weight excluding hydrogens is 400 g/mol. The van der Waals surface area contributed by atoms with Crippen molar-refractivity contribution in [3.63, 3.8) is 0 Å². The Morgan fingerprint density at radius 1 is 0.875 bits per heavy atom. The van der Waals surface area contributed by atoms with Crippen LogP contribution in [0.1, 0.15) is 17.5 Å². The molecule has 4 atom stereocenters. The number of imide groups is 1. The number of nitrogens with zero attached hydrogens (tertiary/aromatic N) is 2. The maximum Gasteiger partial charge on any atom is 0.254 e. The molecule has 3 aromatic carbocycles. The number of fused-ring (bicyclic) bond motifs is 6. The minimum atomic E-state index is -0.243. The van der Waals surface area contributed by atoms with E-state index in [1.54, 1.807) is 6.21 Å². The van der Waals surface area contributed by atoms with E-state index in [2.05, 4.69) is 41.5 Å². The zero-order valence-electron chi connectivity index (χ0n) is 17.4. The molecule has 32 heavy (non-hydrogen) atoms. The second kappa shape index (κ2) is 7.45. The molecule has 4 unspecified atom stereocenters. The third kappa shape index (κ3) is 2.96. The van der Waals surface area contributed by atoms with Crippen molar-refractivity contribution in [2.75, 3.05) is 0 Å². The molecule has 3 aliphatic rings. The molecule has 1 saturated heterocycles. The van der Waals surface area contributed by atoms with Gasteiger partial charge in [0.25, 0.3) is 11.8 Å². The van der Waals surface area contributed by atoms with Crippen LogP contribution >= 0.6 is 0 Å². The van der Waals surface area contributed by atoms with Crippen LogP contribution in [0.2, 0.25) is 0 Å². The second-order valence-electron chi connectivity index (χ2n) is 8.70. The summed E-state index contributed by atoms with van der Waals surface area (Å²) in [6, 6.07) is 21.9. The van der Waals surface area contributed by atoms with Gasteiger partial charge in [-0.1, -0.05) is 66.7 Å². The van der Waals surface area contributed by atoms with E-state index in [4.69, 9.17) is 4.74 Å². The SMILES string of the molecule is O=C1C2C3C=CC(C3)C2C(=O)N1/N=C/c1ccccc1OCc1cccc2ccccc12. The lowest BCUT2D eigenvalue weighted by atomic mass is 9.85. The van der Waals surface area contributed by atoms with Crippen LogP contribution in [-0.4, -0.2) is 23.0 Å². The summed E-state index contributed by atoms with van der Waals surface area (Å²) in [5, 5.41) is 7.70. The lowest BCUT2D eigenvalue weighted by molar-refractivity contribution is -0.140. The molecule has 1 aliphatic heterocycles. The Bertz CT molecular complexity index is 1260. The van der Waals surface area contributed by atoms with Crippen LogP contribution < -0.4 is 4.74 Å². The second-order valence-corrected chi connectivity index (χ2v) is 8.70. The average molecular weight is 422 g/mol. The molecule has 2 amide bonds. The fourth-order valence-electron chi connectivity index (χ4n) is 5.41. The monoisotopic (exact) mass is 422 g/mol. The Kier molecular flexibility index (Phi) is 4.42. The smallest absolute Gasteiger partial charge is 0.254 e. The van der Waals surface area contributed by atoms with Gasteiger partial charge in [-0.15, -0.1) is 0 Å². The van der Waals surface area contributed by atoms with Crippen LogP contribution in [0.5, 0.6) is 5.75 Å². The first-order valence-corrected chi connectivity index (χ1v) is 11.0. The Morgan fingerprint density at radius 2 is 1.56 bits per heavy atom. The molecule has 158 valence electrons. The maximum absolute atomic E-state index is 12.9. The summed E-state index contributed by atoms with van der Waals surface area (Å²) in [5.74, 6) is 0.172. The van der Waals surface area contributed by atoms with Crippen molar-refractivity contribution in [2.45, 2.75) is 13.0 Å². The van der Waals surface area contributed by atoms with Gasteiger partial charge in [-0.05, 0) is 46.7 Å². The number of rotatable bonds is 5. The first kappa shape index (κ1) is 19.0. The molecule has 0 spiro atoms. The fraction of sp³-hybridized carbons (Fsp3) is 0.222. The van der Waals surface area contributed by atoms with E-state index >= 15 is 0 Å². The minimum absolute atomic E-state index is 0.178. The normalized spacial score (nSPS) is 25.9. The number of para-hydroxylation sites is 1. The van der Waals surface area contributed by atoms with Crippen LogP contribution in [0.3, 0.4) is 0 Å². The van der Waals surface area contributed by atoms with E-state index in [1.165, 1.54) is 5.39 Å². The van der Waals surface area contributed by atoms with E-state index in [-0.39, 0.29) is 35.5 Å². The summed E-state index contributed by atoms with van der Waals surface area (Å²) in [4.78, 5) is 25.7. The van der Waals surface area contributed by atoms with Crippen molar-refractivity contribution in [2.24, 2.45) is 28.8 Å². The van der Waals surface area contributed by atoms with Gasteiger partial charge in [-0.25, -0.2) is 0 Å². The highest BCUT2D eigenvalue weighted by Crippen LogP contribution is 2.52. The van der Waals surface area contributed by atoms with E-state index in [0.29, 0.717) is 12.4 Å². The van der Waals surface area contributed by atoms with Crippen LogP contribution in [-0.2, 0) is 16.2 Å². The molecule has 2 bridgehead atoms. The summed E-state index contributed by atoms with van der Waals surface area (Å²) in [5.41, 5.74) is 1.82. The van der Waals surface area contributed by atoms with Gasteiger partial charge in [-0.3, -0.25) is 9.59 Å². The molecule has 0 aromatic heterocycles. The number of allylic oxidation sites excluding steroid dienone is 2. The third-order valence-corrected chi connectivity index (χ3v) is 6.94. The van der Waals surface area contributed by atoms with Crippen molar-refractivity contribution in [1.29, 1.82) is 0 Å². The van der Waals surface area contributed by atoms with E-state index in [9.17, 15) is 9.59 Å². The summed E-state index contributed by atoms with van der Waals surface area (Å²) >= 11 is 0. The van der Waals surface area contributed by atoms with Crippen LogP contribution in [0.25, 0.3) is 10.8 Å². The Labute approximate surface area is 186 Å². The first-order valence-electron chi connectivity index (χ1n) is 11.0. The quantitative estimate of drug-likeness (QED) is 0.344. The highest BCUT2D eigenvalue weighted by Gasteiger charge is 2.59. The molecular formula is C27H22N2O3. The van der Waals surface area contributed by atoms with Crippen LogP contribution in [0, 0.1) is 23.7 Å². The Morgan fingerprint density at radius 3 is 2.38 bits per heavy atom. The number of amides is 2. The molecule has 2 fully saturated rings. The predicted octanol–water partition coefficient (Wildman–Crippen LogP) is 4.56. The minimum Gasteiger partial charge on any atom is -0.488 e. The molecule has 1 heterocycles. The molecule has 0 radical (unpaired) electrons. The molecule has 3 aromatic rings. The zero-order valence-corrected chi connectivity index (χ0v) is 17.4. The van der Waals surface area contributed by atoms with Gasteiger partial charge in [0.1, 0.15) is 12.4 Å². The van der Waals surface area contributed by atoms with Crippen molar-refractivity contribution in [3.8, 4) is 5.75 Å².